The maximum atomic E-state index is 11.3. The van der Waals surface area contributed by atoms with Gasteiger partial charge in [-0.25, -0.2) is 0 Å². The molecule has 0 aliphatic carbocycles. The molecule has 0 aromatic rings. The average molecular weight is 373 g/mol. The molecule has 0 aromatic heterocycles. The summed E-state index contributed by atoms with van der Waals surface area (Å²) in [5.41, 5.74) is 0. The lowest BCUT2D eigenvalue weighted by Gasteiger charge is -2.44. The minimum absolute atomic E-state index is 0.264. The van der Waals surface area contributed by atoms with Gasteiger partial charge in [0.2, 0.25) is 0 Å². The van der Waals surface area contributed by atoms with Crippen LogP contribution in [-0.4, -0.2) is 52.7 Å². The van der Waals surface area contributed by atoms with Gasteiger partial charge in [0.1, 0.15) is 6.34 Å². The molecule has 0 N–H and O–H groups in total. The zero-order valence-corrected chi connectivity index (χ0v) is 15.9. The number of carbonyl (C=O) groups excluding carboxylic acids is 1. The SMILES string of the molecule is CCN(CC)P(=S)(C(CBr)OC(C)=O)N(CC)CC. The topological polar surface area (TPSA) is 32.8 Å². The highest BCUT2D eigenvalue weighted by Gasteiger charge is 2.39. The van der Waals surface area contributed by atoms with Crippen LogP contribution < -0.4 is 0 Å². The molecule has 0 aliphatic rings. The van der Waals surface area contributed by atoms with E-state index in [-0.39, 0.29) is 11.8 Å². The van der Waals surface area contributed by atoms with Crippen molar-refractivity contribution in [1.82, 2.24) is 9.34 Å². The van der Waals surface area contributed by atoms with Gasteiger partial charge in [0, 0.05) is 38.4 Å². The van der Waals surface area contributed by atoms with Gasteiger partial charge in [0.25, 0.3) is 0 Å². The molecule has 0 aliphatic heterocycles. The van der Waals surface area contributed by atoms with Crippen LogP contribution in [0.3, 0.4) is 0 Å². The quantitative estimate of drug-likeness (QED) is 0.352. The summed E-state index contributed by atoms with van der Waals surface area (Å²) >= 11 is 9.50. The number of nitrogens with zero attached hydrogens (tertiary/aromatic N) is 2. The van der Waals surface area contributed by atoms with Crippen molar-refractivity contribution in [2.24, 2.45) is 0 Å². The Morgan fingerprint density at radius 1 is 1.16 bits per heavy atom. The van der Waals surface area contributed by atoms with Crippen LogP contribution in [0.4, 0.5) is 0 Å². The molecular formula is C12H26BrN2O2PS. The van der Waals surface area contributed by atoms with Gasteiger partial charge in [-0.05, 0) is 0 Å². The molecule has 0 aromatic carbocycles. The van der Waals surface area contributed by atoms with Crippen LogP contribution in [-0.2, 0) is 21.3 Å². The first-order chi connectivity index (χ1) is 8.91. The highest BCUT2D eigenvalue weighted by Crippen LogP contribution is 2.58. The number of esters is 1. The van der Waals surface area contributed by atoms with Crippen LogP contribution in [0.5, 0.6) is 0 Å². The van der Waals surface area contributed by atoms with Crippen molar-refractivity contribution in [2.45, 2.75) is 40.5 Å². The number of carbonyl (C=O) groups is 1. The Hall–Kier alpha value is 0.520. The molecule has 0 spiro atoms. The van der Waals surface area contributed by atoms with Crippen LogP contribution >= 0.6 is 22.3 Å². The maximum absolute atomic E-state index is 11.3. The molecule has 0 heterocycles. The van der Waals surface area contributed by atoms with E-state index in [0.29, 0.717) is 5.33 Å². The third-order valence-corrected chi connectivity index (χ3v) is 10.0. The molecule has 19 heavy (non-hydrogen) atoms. The van der Waals surface area contributed by atoms with Crippen LogP contribution in [0.2, 0.25) is 0 Å². The van der Waals surface area contributed by atoms with E-state index in [0.717, 1.165) is 26.2 Å². The molecular weight excluding hydrogens is 347 g/mol. The first-order valence-corrected chi connectivity index (χ1v) is 10.7. The smallest absolute Gasteiger partial charge is 0.303 e. The summed E-state index contributed by atoms with van der Waals surface area (Å²) in [7, 11) is 0. The Morgan fingerprint density at radius 3 is 1.74 bits per heavy atom. The van der Waals surface area contributed by atoms with Gasteiger partial charge in [0.05, 0.1) is 0 Å². The monoisotopic (exact) mass is 372 g/mol. The molecule has 0 saturated carbocycles. The summed E-state index contributed by atoms with van der Waals surface area (Å²) in [6.45, 7) is 13.3. The summed E-state index contributed by atoms with van der Waals surface area (Å²) in [5, 5.41) is 0.580. The van der Waals surface area contributed by atoms with Crippen molar-refractivity contribution in [2.75, 3.05) is 31.5 Å². The van der Waals surface area contributed by atoms with Crippen molar-refractivity contribution in [3.8, 4) is 0 Å². The van der Waals surface area contributed by atoms with Gasteiger partial charge in [-0.15, -0.1) is 0 Å². The average Bonchev–Trinajstić information content (AvgIpc) is 2.38. The number of alkyl halides is 1. The van der Waals surface area contributed by atoms with Gasteiger partial charge in [-0.1, -0.05) is 55.4 Å². The van der Waals surface area contributed by atoms with E-state index in [2.05, 4.69) is 53.0 Å². The Bertz CT molecular complexity index is 307. The molecule has 4 nitrogen and oxygen atoms in total. The predicted molar refractivity (Wildman–Crippen MR) is 89.5 cm³/mol. The first kappa shape index (κ1) is 19.5. The molecule has 1 atom stereocenters. The van der Waals surface area contributed by atoms with Gasteiger partial charge in [0.15, 0.2) is 5.85 Å². The predicted octanol–water partition coefficient (Wildman–Crippen LogP) is 3.26. The number of hydrogen-bond acceptors (Lipinski definition) is 3. The second-order valence-corrected chi connectivity index (χ2v) is 9.23. The summed E-state index contributed by atoms with van der Waals surface area (Å²) in [6.07, 6.45) is -2.09. The highest BCUT2D eigenvalue weighted by atomic mass is 79.9. The Kier molecular flexibility index (Phi) is 9.71. The molecule has 114 valence electrons. The molecule has 1 unspecified atom stereocenters. The summed E-state index contributed by atoms with van der Waals surface area (Å²) in [4.78, 5) is 11.3. The van der Waals surface area contributed by atoms with Crippen LogP contribution in [0, 0.1) is 0 Å². The molecule has 0 radical (unpaired) electrons. The van der Waals surface area contributed by atoms with E-state index in [1.165, 1.54) is 6.92 Å². The summed E-state index contributed by atoms with van der Waals surface area (Å²) in [6, 6.07) is 0. The van der Waals surface area contributed by atoms with E-state index in [9.17, 15) is 4.79 Å². The number of ether oxygens (including phenoxy) is 1. The van der Waals surface area contributed by atoms with E-state index >= 15 is 0 Å². The second-order valence-electron chi connectivity index (χ2n) is 4.09. The molecule has 0 amide bonds. The summed E-state index contributed by atoms with van der Waals surface area (Å²) < 4.78 is 10.1. The molecule has 7 heteroatoms. The van der Waals surface area contributed by atoms with Crippen molar-refractivity contribution in [1.29, 1.82) is 0 Å². The minimum Gasteiger partial charge on any atom is -0.453 e. The van der Waals surface area contributed by atoms with Crippen molar-refractivity contribution in [3.63, 3.8) is 0 Å². The molecule has 0 fully saturated rings. The molecule has 0 bridgehead atoms. The van der Waals surface area contributed by atoms with Gasteiger partial charge in [-0.3, -0.25) is 14.1 Å². The summed E-state index contributed by atoms with van der Waals surface area (Å²) in [5.74, 6) is -0.530. The number of halogens is 1. The second kappa shape index (κ2) is 9.46. The van der Waals surface area contributed by atoms with Gasteiger partial charge >= 0.3 is 5.97 Å². The minimum atomic E-state index is -2.09. The van der Waals surface area contributed by atoms with Crippen molar-refractivity contribution >= 4 is 40.0 Å². The zero-order chi connectivity index (χ0) is 15.1. The third-order valence-electron chi connectivity index (χ3n) is 3.08. The standard InChI is InChI=1S/C12H26BrN2O2PS/c1-6-14(7-2)18(19,15(8-3)9-4)12(10-13)17-11(5)16/h12H,6-10H2,1-5H3. The highest BCUT2D eigenvalue weighted by molar-refractivity contribution is 9.09. The zero-order valence-electron chi connectivity index (χ0n) is 12.6. The largest absolute Gasteiger partial charge is 0.453 e. The van der Waals surface area contributed by atoms with Gasteiger partial charge < -0.3 is 4.74 Å². The van der Waals surface area contributed by atoms with Crippen LogP contribution in [0.25, 0.3) is 0 Å². The Balaban J connectivity index is 5.57. The number of rotatable bonds is 9. The lowest BCUT2D eigenvalue weighted by molar-refractivity contribution is -0.142. The van der Waals surface area contributed by atoms with Crippen LogP contribution in [0.1, 0.15) is 34.6 Å². The third kappa shape index (κ3) is 4.78. The fourth-order valence-electron chi connectivity index (χ4n) is 2.18. The van der Waals surface area contributed by atoms with Crippen LogP contribution in [0.15, 0.2) is 0 Å². The Morgan fingerprint density at radius 2 is 1.53 bits per heavy atom. The van der Waals surface area contributed by atoms with E-state index in [1.807, 2.05) is 0 Å². The lowest BCUT2D eigenvalue weighted by Crippen LogP contribution is -2.39. The molecule has 0 saturated heterocycles. The van der Waals surface area contributed by atoms with Crippen molar-refractivity contribution < 1.29 is 9.53 Å². The Labute approximate surface area is 131 Å². The van der Waals surface area contributed by atoms with E-state index in [4.69, 9.17) is 16.5 Å². The van der Waals surface area contributed by atoms with E-state index < -0.39 is 6.34 Å². The molecule has 0 rings (SSSR count). The van der Waals surface area contributed by atoms with Crippen molar-refractivity contribution in [3.05, 3.63) is 0 Å². The fourth-order valence-corrected chi connectivity index (χ4v) is 9.01. The number of hydrogen-bond donors (Lipinski definition) is 0. The van der Waals surface area contributed by atoms with E-state index in [1.54, 1.807) is 0 Å². The first-order valence-electron chi connectivity index (χ1n) is 6.75. The van der Waals surface area contributed by atoms with Gasteiger partial charge in [-0.2, -0.15) is 0 Å². The fraction of sp³-hybridized carbons (Fsp3) is 0.917. The lowest BCUT2D eigenvalue weighted by atomic mass is 10.7. The maximum Gasteiger partial charge on any atom is 0.303 e. The normalized spacial score (nSPS) is 13.9.